The molecule has 1 heterocycles. The first-order chi connectivity index (χ1) is 11.6. The number of aromatic nitrogens is 2. The molecule has 0 bridgehead atoms. The summed E-state index contributed by atoms with van der Waals surface area (Å²) >= 11 is 0. The van der Waals surface area contributed by atoms with Gasteiger partial charge in [-0.05, 0) is 68.1 Å². The monoisotopic (exact) mass is 322 g/mol. The standard InChI is InChI=1S/C22H30N2/c1-21-11-4-3-5-16(21)6-7-17-18-8-9-20(24-14-13-23-15-24)22(18,2)12-10-19(17)21/h6,9,13-15,17-19H,3-5,7-8,10-12H2,1-2H3/t17-,18-,19-,21-,22-/m0/s1. The van der Waals surface area contributed by atoms with Crippen LogP contribution < -0.4 is 0 Å². The Balaban J connectivity index is 1.50. The summed E-state index contributed by atoms with van der Waals surface area (Å²) in [6.07, 6.45) is 22.3. The van der Waals surface area contributed by atoms with Crippen molar-refractivity contribution in [2.45, 2.75) is 65.2 Å². The van der Waals surface area contributed by atoms with E-state index in [2.05, 4.69) is 41.7 Å². The van der Waals surface area contributed by atoms with Gasteiger partial charge >= 0.3 is 0 Å². The van der Waals surface area contributed by atoms with Gasteiger partial charge < -0.3 is 4.57 Å². The smallest absolute Gasteiger partial charge is 0.0989 e. The average molecular weight is 322 g/mol. The van der Waals surface area contributed by atoms with Crippen LogP contribution in [0.4, 0.5) is 0 Å². The molecule has 0 spiro atoms. The zero-order valence-corrected chi connectivity index (χ0v) is 15.2. The Morgan fingerprint density at radius 2 is 1.96 bits per heavy atom. The van der Waals surface area contributed by atoms with Crippen molar-refractivity contribution in [2.75, 3.05) is 0 Å². The molecule has 0 saturated heterocycles. The maximum absolute atomic E-state index is 4.29. The largest absolute Gasteiger partial charge is 0.310 e. The highest BCUT2D eigenvalue weighted by Gasteiger charge is 2.56. The van der Waals surface area contributed by atoms with Gasteiger partial charge in [0.25, 0.3) is 0 Å². The number of rotatable bonds is 1. The van der Waals surface area contributed by atoms with E-state index in [-0.39, 0.29) is 0 Å². The summed E-state index contributed by atoms with van der Waals surface area (Å²) < 4.78 is 2.28. The Hall–Kier alpha value is -1.31. The van der Waals surface area contributed by atoms with Gasteiger partial charge in [0.15, 0.2) is 0 Å². The molecule has 24 heavy (non-hydrogen) atoms. The molecular formula is C22H30N2. The normalized spacial score (nSPS) is 44.2. The van der Waals surface area contributed by atoms with Crippen LogP contribution in [-0.2, 0) is 0 Å². The number of fused-ring (bicyclic) bond motifs is 5. The number of nitrogens with zero attached hydrogens (tertiary/aromatic N) is 2. The van der Waals surface area contributed by atoms with Gasteiger partial charge in [0, 0.05) is 23.5 Å². The van der Waals surface area contributed by atoms with E-state index in [9.17, 15) is 0 Å². The lowest BCUT2D eigenvalue weighted by molar-refractivity contribution is -0.0113. The lowest BCUT2D eigenvalue weighted by Gasteiger charge is -2.57. The third kappa shape index (κ3) is 1.86. The molecule has 0 radical (unpaired) electrons. The fraction of sp³-hybridized carbons (Fsp3) is 0.682. The summed E-state index contributed by atoms with van der Waals surface area (Å²) in [5.41, 5.74) is 4.20. The van der Waals surface area contributed by atoms with Gasteiger partial charge in [-0.3, -0.25) is 0 Å². The lowest BCUT2D eigenvalue weighted by atomic mass is 9.48. The molecular weight excluding hydrogens is 292 g/mol. The minimum absolute atomic E-state index is 0.345. The fourth-order valence-electron chi connectivity index (χ4n) is 7.04. The molecule has 1 aromatic heterocycles. The van der Waals surface area contributed by atoms with Crippen molar-refractivity contribution in [1.82, 2.24) is 9.55 Å². The second-order valence-corrected chi connectivity index (χ2v) is 9.22. The molecule has 5 atom stereocenters. The van der Waals surface area contributed by atoms with E-state index in [0.717, 1.165) is 17.8 Å². The van der Waals surface area contributed by atoms with Crippen LogP contribution in [0.5, 0.6) is 0 Å². The summed E-state index contributed by atoms with van der Waals surface area (Å²) in [6.45, 7) is 5.14. The van der Waals surface area contributed by atoms with Gasteiger partial charge in [0.05, 0.1) is 6.33 Å². The molecule has 2 saturated carbocycles. The molecule has 4 aliphatic carbocycles. The molecule has 2 fully saturated rings. The van der Waals surface area contributed by atoms with E-state index in [4.69, 9.17) is 0 Å². The third-order valence-electron chi connectivity index (χ3n) is 8.34. The Kier molecular flexibility index (Phi) is 3.18. The molecule has 0 aromatic carbocycles. The van der Waals surface area contributed by atoms with Crippen molar-refractivity contribution in [3.05, 3.63) is 36.4 Å². The first kappa shape index (κ1) is 15.0. The molecule has 0 unspecified atom stereocenters. The SMILES string of the molecule is C[C@]12CCCCC1=CC[C@@H]1[C@@H]2CC[C@]2(C)C(n3ccnc3)=CC[C@@H]12. The van der Waals surface area contributed by atoms with Crippen LogP contribution in [-0.4, -0.2) is 9.55 Å². The third-order valence-corrected chi connectivity index (χ3v) is 8.34. The van der Waals surface area contributed by atoms with Gasteiger partial charge in [-0.25, -0.2) is 4.98 Å². The zero-order valence-electron chi connectivity index (χ0n) is 15.2. The molecule has 2 nitrogen and oxygen atoms in total. The Morgan fingerprint density at radius 3 is 2.79 bits per heavy atom. The van der Waals surface area contributed by atoms with E-state index >= 15 is 0 Å². The molecule has 1 aromatic rings. The molecule has 4 aliphatic rings. The van der Waals surface area contributed by atoms with Gasteiger partial charge in [0.1, 0.15) is 0 Å². The Labute approximate surface area is 146 Å². The first-order valence-electron chi connectivity index (χ1n) is 10.0. The quantitative estimate of drug-likeness (QED) is 0.608. The maximum Gasteiger partial charge on any atom is 0.0989 e. The Morgan fingerprint density at radius 1 is 1.04 bits per heavy atom. The predicted octanol–water partition coefficient (Wildman–Crippen LogP) is 5.69. The molecule has 128 valence electrons. The summed E-state index contributed by atoms with van der Waals surface area (Å²) in [5.74, 6) is 2.63. The molecule has 0 amide bonds. The van der Waals surface area contributed by atoms with Crippen molar-refractivity contribution in [3.63, 3.8) is 0 Å². The first-order valence-corrected chi connectivity index (χ1v) is 10.0. The van der Waals surface area contributed by atoms with Crippen LogP contribution in [0, 0.1) is 28.6 Å². The molecule has 0 N–H and O–H groups in total. The highest BCUT2D eigenvalue weighted by molar-refractivity contribution is 5.56. The average Bonchev–Trinajstić information content (AvgIpc) is 3.20. The summed E-state index contributed by atoms with van der Waals surface area (Å²) in [4.78, 5) is 4.29. The highest BCUT2D eigenvalue weighted by Crippen LogP contribution is 2.65. The van der Waals surface area contributed by atoms with E-state index in [1.807, 2.05) is 18.1 Å². The van der Waals surface area contributed by atoms with Gasteiger partial charge in [-0.2, -0.15) is 0 Å². The minimum Gasteiger partial charge on any atom is -0.310 e. The molecule has 5 rings (SSSR count). The number of hydrogen-bond acceptors (Lipinski definition) is 1. The summed E-state index contributed by atoms with van der Waals surface area (Å²) in [6, 6.07) is 0. The fourth-order valence-corrected chi connectivity index (χ4v) is 7.04. The maximum atomic E-state index is 4.29. The van der Waals surface area contributed by atoms with Crippen LogP contribution in [0.3, 0.4) is 0 Å². The van der Waals surface area contributed by atoms with Crippen LogP contribution in [0.25, 0.3) is 5.70 Å². The van der Waals surface area contributed by atoms with Crippen molar-refractivity contribution in [2.24, 2.45) is 28.6 Å². The zero-order chi connectivity index (χ0) is 16.4. The topological polar surface area (TPSA) is 17.8 Å². The molecule has 2 heteroatoms. The van der Waals surface area contributed by atoms with Crippen molar-refractivity contribution >= 4 is 5.70 Å². The lowest BCUT2D eigenvalue weighted by Crippen LogP contribution is -2.49. The van der Waals surface area contributed by atoms with E-state index in [1.165, 1.54) is 57.1 Å². The van der Waals surface area contributed by atoms with E-state index in [1.54, 1.807) is 0 Å². The minimum atomic E-state index is 0.345. The van der Waals surface area contributed by atoms with E-state index < -0.39 is 0 Å². The number of allylic oxidation sites excluding steroid dienone is 4. The Bertz CT molecular complexity index is 698. The number of hydrogen-bond donors (Lipinski definition) is 0. The van der Waals surface area contributed by atoms with Crippen molar-refractivity contribution in [1.29, 1.82) is 0 Å². The summed E-state index contributed by atoms with van der Waals surface area (Å²) in [5, 5.41) is 0. The van der Waals surface area contributed by atoms with E-state index in [0.29, 0.717) is 10.8 Å². The second kappa shape index (κ2) is 5.09. The number of imidazole rings is 1. The van der Waals surface area contributed by atoms with Gasteiger partial charge in [-0.1, -0.05) is 38.0 Å². The second-order valence-electron chi connectivity index (χ2n) is 9.22. The van der Waals surface area contributed by atoms with Gasteiger partial charge in [-0.15, -0.1) is 0 Å². The van der Waals surface area contributed by atoms with Crippen LogP contribution in [0.15, 0.2) is 36.4 Å². The molecule has 0 aliphatic heterocycles. The summed E-state index contributed by atoms with van der Waals surface area (Å²) in [7, 11) is 0. The van der Waals surface area contributed by atoms with Crippen LogP contribution in [0.2, 0.25) is 0 Å². The van der Waals surface area contributed by atoms with Crippen LogP contribution in [0.1, 0.15) is 65.2 Å². The predicted molar refractivity (Wildman–Crippen MR) is 98.2 cm³/mol. The van der Waals surface area contributed by atoms with Crippen molar-refractivity contribution in [3.8, 4) is 0 Å². The van der Waals surface area contributed by atoms with Gasteiger partial charge in [0.2, 0.25) is 0 Å². The van der Waals surface area contributed by atoms with Crippen molar-refractivity contribution < 1.29 is 0 Å². The highest BCUT2D eigenvalue weighted by atomic mass is 15.1. The van der Waals surface area contributed by atoms with Crippen LogP contribution >= 0.6 is 0 Å².